The van der Waals surface area contributed by atoms with Gasteiger partial charge < -0.3 is 10.5 Å². The summed E-state index contributed by atoms with van der Waals surface area (Å²) in [5, 5.41) is 2.28. The first-order chi connectivity index (χ1) is 11.2. The number of anilines is 1. The smallest absolute Gasteiger partial charge is 0.341 e. The van der Waals surface area contributed by atoms with E-state index >= 15 is 0 Å². The van der Waals surface area contributed by atoms with E-state index in [1.165, 1.54) is 0 Å². The lowest BCUT2D eigenvalue weighted by Crippen LogP contribution is -2.13. The summed E-state index contributed by atoms with van der Waals surface area (Å²) in [6, 6.07) is 19.2. The molecule has 0 amide bonds. The third-order valence-corrected chi connectivity index (χ3v) is 4.14. The van der Waals surface area contributed by atoms with Crippen LogP contribution in [-0.2, 0) is 4.74 Å². The van der Waals surface area contributed by atoms with Crippen LogP contribution in [0.1, 0.15) is 27.6 Å². The van der Waals surface area contributed by atoms with Gasteiger partial charge in [0.25, 0.3) is 0 Å². The zero-order valence-electron chi connectivity index (χ0n) is 12.4. The Balaban J connectivity index is 1.72. The zero-order valence-corrected chi connectivity index (χ0v) is 12.4. The van der Waals surface area contributed by atoms with E-state index in [2.05, 4.69) is 18.2 Å². The van der Waals surface area contributed by atoms with Crippen LogP contribution in [-0.4, -0.2) is 5.97 Å². The molecule has 3 nitrogen and oxygen atoms in total. The molecule has 4 rings (SSSR count). The minimum absolute atomic E-state index is 0.395. The van der Waals surface area contributed by atoms with Gasteiger partial charge in [-0.15, -0.1) is 0 Å². The molecule has 0 bridgehead atoms. The second-order valence-corrected chi connectivity index (χ2v) is 5.56. The highest BCUT2D eigenvalue weighted by atomic mass is 16.5. The van der Waals surface area contributed by atoms with Gasteiger partial charge in [-0.25, -0.2) is 4.79 Å². The normalized spacial score (nSPS) is 15.6. The average Bonchev–Trinajstić information content (AvgIpc) is 2.58. The van der Waals surface area contributed by atoms with Crippen molar-refractivity contribution in [3.63, 3.8) is 0 Å². The summed E-state index contributed by atoms with van der Waals surface area (Å²) in [6.07, 6.45) is 3.51. The van der Waals surface area contributed by atoms with Crippen LogP contribution in [0.25, 0.3) is 16.8 Å². The first kappa shape index (κ1) is 13.6. The molecule has 0 aliphatic heterocycles. The zero-order chi connectivity index (χ0) is 15.8. The highest BCUT2D eigenvalue weighted by Crippen LogP contribution is 2.35. The predicted molar refractivity (Wildman–Crippen MR) is 92.0 cm³/mol. The van der Waals surface area contributed by atoms with E-state index in [1.54, 1.807) is 24.3 Å². The number of carbonyl (C=O) groups excluding carboxylic acids is 1. The van der Waals surface area contributed by atoms with Crippen molar-refractivity contribution in [1.82, 2.24) is 0 Å². The molecule has 1 atom stereocenters. The summed E-state index contributed by atoms with van der Waals surface area (Å²) < 4.78 is 5.70. The second kappa shape index (κ2) is 5.29. The number of nitrogen functional groups attached to an aromatic ring is 1. The molecule has 0 saturated heterocycles. The molecule has 3 heteroatoms. The topological polar surface area (TPSA) is 52.3 Å². The molecule has 0 fully saturated rings. The highest BCUT2D eigenvalue weighted by molar-refractivity contribution is 5.98. The van der Waals surface area contributed by atoms with Gasteiger partial charge in [0.2, 0.25) is 0 Å². The molecule has 0 heterocycles. The molecular weight excluding hydrogens is 286 g/mol. The minimum atomic E-state index is -0.408. The number of para-hydroxylation sites is 1. The Labute approximate surface area is 134 Å². The monoisotopic (exact) mass is 301 g/mol. The molecule has 2 N–H and O–H groups in total. The van der Waals surface area contributed by atoms with E-state index < -0.39 is 12.1 Å². The maximum atomic E-state index is 12.4. The fourth-order valence-electron chi connectivity index (χ4n) is 3.03. The second-order valence-electron chi connectivity index (χ2n) is 5.56. The van der Waals surface area contributed by atoms with Crippen molar-refractivity contribution in [2.75, 3.05) is 5.73 Å². The summed E-state index contributed by atoms with van der Waals surface area (Å²) >= 11 is 0. The van der Waals surface area contributed by atoms with Gasteiger partial charge in [0.15, 0.2) is 0 Å². The lowest BCUT2D eigenvalue weighted by Gasteiger charge is -2.21. The van der Waals surface area contributed by atoms with Crippen molar-refractivity contribution in [2.45, 2.75) is 6.10 Å². The largest absolute Gasteiger partial charge is 0.450 e. The summed E-state index contributed by atoms with van der Waals surface area (Å²) in [7, 11) is 0. The van der Waals surface area contributed by atoms with E-state index in [0.717, 1.165) is 21.9 Å². The van der Waals surface area contributed by atoms with Crippen LogP contribution in [0, 0.1) is 0 Å². The third kappa shape index (κ3) is 2.27. The van der Waals surface area contributed by atoms with Gasteiger partial charge in [0.1, 0.15) is 6.10 Å². The van der Waals surface area contributed by atoms with Crippen LogP contribution in [0.5, 0.6) is 0 Å². The van der Waals surface area contributed by atoms with Crippen LogP contribution in [0.2, 0.25) is 0 Å². The van der Waals surface area contributed by atoms with Gasteiger partial charge in [0.05, 0.1) is 5.56 Å². The Hall–Kier alpha value is -3.07. The first-order valence-corrected chi connectivity index (χ1v) is 7.49. The van der Waals surface area contributed by atoms with Crippen molar-refractivity contribution in [3.05, 3.63) is 83.4 Å². The Kier molecular flexibility index (Phi) is 3.12. The Morgan fingerprint density at radius 3 is 2.57 bits per heavy atom. The van der Waals surface area contributed by atoms with Gasteiger partial charge in [-0.2, -0.15) is 0 Å². The van der Waals surface area contributed by atoms with Crippen molar-refractivity contribution in [3.8, 4) is 0 Å². The number of ether oxygens (including phenoxy) is 1. The first-order valence-electron chi connectivity index (χ1n) is 7.49. The molecule has 3 aromatic rings. The summed E-state index contributed by atoms with van der Waals surface area (Å²) in [5.41, 5.74) is 8.83. The summed E-state index contributed by atoms with van der Waals surface area (Å²) in [6.45, 7) is 0. The Morgan fingerprint density at radius 1 is 0.957 bits per heavy atom. The third-order valence-electron chi connectivity index (χ3n) is 4.14. The average molecular weight is 301 g/mol. The maximum Gasteiger partial charge on any atom is 0.341 e. The standard InChI is InChI=1S/C20H15NO2/c21-17-10-2-1-8-15(17)20(22)23-18-12-11-14-6-3-5-13-7-4-9-16(18)19(13)14/h1-12,18H,21H2. The number of esters is 1. The van der Waals surface area contributed by atoms with Gasteiger partial charge >= 0.3 is 5.97 Å². The maximum absolute atomic E-state index is 12.4. The van der Waals surface area contributed by atoms with E-state index in [9.17, 15) is 4.79 Å². The van der Waals surface area contributed by atoms with Gasteiger partial charge in [-0.05, 0) is 34.5 Å². The van der Waals surface area contributed by atoms with Crippen LogP contribution in [0.4, 0.5) is 5.69 Å². The number of benzene rings is 3. The number of hydrogen-bond acceptors (Lipinski definition) is 3. The van der Waals surface area contributed by atoms with Gasteiger partial charge in [-0.1, -0.05) is 54.6 Å². The van der Waals surface area contributed by atoms with Crippen molar-refractivity contribution >= 4 is 28.5 Å². The lowest BCUT2D eigenvalue weighted by molar-refractivity contribution is 0.0396. The fraction of sp³-hybridized carbons (Fsp3) is 0.0500. The van der Waals surface area contributed by atoms with E-state index in [-0.39, 0.29) is 0 Å². The minimum Gasteiger partial charge on any atom is -0.450 e. The molecule has 0 radical (unpaired) electrons. The lowest BCUT2D eigenvalue weighted by atomic mass is 9.91. The fourth-order valence-corrected chi connectivity index (χ4v) is 3.03. The van der Waals surface area contributed by atoms with Gasteiger partial charge in [-0.3, -0.25) is 0 Å². The molecule has 1 unspecified atom stereocenters. The molecule has 0 saturated carbocycles. The quantitative estimate of drug-likeness (QED) is 0.565. The number of hydrogen-bond donors (Lipinski definition) is 1. The van der Waals surface area contributed by atoms with Crippen molar-refractivity contribution in [2.24, 2.45) is 0 Å². The molecule has 1 aliphatic rings. The van der Waals surface area contributed by atoms with E-state index in [0.29, 0.717) is 11.3 Å². The van der Waals surface area contributed by atoms with E-state index in [1.807, 2.05) is 30.4 Å². The van der Waals surface area contributed by atoms with Crippen molar-refractivity contribution < 1.29 is 9.53 Å². The van der Waals surface area contributed by atoms with Crippen LogP contribution >= 0.6 is 0 Å². The van der Waals surface area contributed by atoms with Crippen LogP contribution in [0.15, 0.2) is 66.7 Å². The molecule has 112 valence electrons. The number of nitrogens with two attached hydrogens (primary N) is 1. The molecule has 3 aromatic carbocycles. The summed E-state index contributed by atoms with van der Waals surface area (Å²) in [5.74, 6) is -0.408. The molecule has 23 heavy (non-hydrogen) atoms. The van der Waals surface area contributed by atoms with Crippen LogP contribution in [0.3, 0.4) is 0 Å². The van der Waals surface area contributed by atoms with E-state index in [4.69, 9.17) is 10.5 Å². The van der Waals surface area contributed by atoms with Crippen molar-refractivity contribution in [1.29, 1.82) is 0 Å². The van der Waals surface area contributed by atoms with Crippen LogP contribution < -0.4 is 5.73 Å². The Bertz CT molecular complexity index is 938. The number of rotatable bonds is 2. The SMILES string of the molecule is Nc1ccccc1C(=O)OC1C=Cc2cccc3cccc1c23. The Morgan fingerprint density at radius 2 is 1.74 bits per heavy atom. The highest BCUT2D eigenvalue weighted by Gasteiger charge is 2.22. The number of carbonyl (C=O) groups is 1. The van der Waals surface area contributed by atoms with Gasteiger partial charge in [0, 0.05) is 11.3 Å². The molecule has 0 spiro atoms. The predicted octanol–water partition coefficient (Wildman–Crippen LogP) is 4.35. The summed E-state index contributed by atoms with van der Waals surface area (Å²) in [4.78, 5) is 12.4. The molecule has 1 aliphatic carbocycles. The molecule has 0 aromatic heterocycles. The molecular formula is C20H15NO2.